The highest BCUT2D eigenvalue weighted by Gasteiger charge is 2.30. The molecule has 0 saturated heterocycles. The summed E-state index contributed by atoms with van der Waals surface area (Å²) in [6, 6.07) is 4.19. The molecule has 0 unspecified atom stereocenters. The number of aromatic nitrogens is 2. The zero-order chi connectivity index (χ0) is 16.2. The van der Waals surface area contributed by atoms with Gasteiger partial charge in [0.05, 0.1) is 5.56 Å². The van der Waals surface area contributed by atoms with Crippen molar-refractivity contribution in [1.29, 1.82) is 0 Å². The average molecular weight is 345 g/mol. The Morgan fingerprint density at radius 3 is 2.86 bits per heavy atom. The molecule has 4 nitrogen and oxygen atoms in total. The zero-order valence-corrected chi connectivity index (χ0v) is 12.7. The highest BCUT2D eigenvalue weighted by atomic mass is 32.2. The Balaban J connectivity index is 2.09. The van der Waals surface area contributed by atoms with Crippen molar-refractivity contribution in [1.82, 2.24) is 10.2 Å². The van der Waals surface area contributed by atoms with Crippen molar-refractivity contribution in [2.45, 2.75) is 10.5 Å². The van der Waals surface area contributed by atoms with Crippen LogP contribution in [0.1, 0.15) is 15.9 Å². The van der Waals surface area contributed by atoms with Crippen molar-refractivity contribution >= 4 is 34.1 Å². The number of benzene rings is 1. The number of rotatable bonds is 5. The minimum Gasteiger partial charge on any atom is -0.296 e. The number of thioether (sulfide) groups is 1. The standard InChI is InChI=1S/C13H10F3N3OS2/c1-2-6-21-12-19-18-11(22-12)17-10(20)8-4-3-5-9(7-8)13(14,15)16/h2-5,7H,1,6H2,(H,17,18,20). The molecule has 0 fully saturated rings. The first-order chi connectivity index (χ1) is 10.4. The molecule has 22 heavy (non-hydrogen) atoms. The Morgan fingerprint density at radius 1 is 1.41 bits per heavy atom. The van der Waals surface area contributed by atoms with E-state index in [2.05, 4.69) is 22.1 Å². The zero-order valence-electron chi connectivity index (χ0n) is 11.1. The fourth-order valence-corrected chi connectivity index (χ4v) is 2.96. The molecule has 9 heteroatoms. The number of carbonyl (C=O) groups is 1. The van der Waals surface area contributed by atoms with Crippen molar-refractivity contribution in [2.75, 3.05) is 11.1 Å². The molecule has 0 atom stereocenters. The fourth-order valence-electron chi connectivity index (χ4n) is 1.45. The van der Waals surface area contributed by atoms with E-state index in [9.17, 15) is 18.0 Å². The summed E-state index contributed by atoms with van der Waals surface area (Å²) < 4.78 is 38.5. The summed E-state index contributed by atoms with van der Waals surface area (Å²) in [5.41, 5.74) is -0.968. The predicted molar refractivity (Wildman–Crippen MR) is 80.2 cm³/mol. The third-order valence-corrected chi connectivity index (χ3v) is 4.37. The molecule has 0 aliphatic heterocycles. The lowest BCUT2D eigenvalue weighted by Crippen LogP contribution is -2.13. The van der Waals surface area contributed by atoms with Crippen LogP contribution in [0.15, 0.2) is 41.3 Å². The Kier molecular flexibility index (Phi) is 5.19. The topological polar surface area (TPSA) is 54.9 Å². The van der Waals surface area contributed by atoms with E-state index in [1.165, 1.54) is 23.9 Å². The second-order valence-corrected chi connectivity index (χ2v) is 6.25. The van der Waals surface area contributed by atoms with Crippen LogP contribution < -0.4 is 5.32 Å². The van der Waals surface area contributed by atoms with Gasteiger partial charge in [0, 0.05) is 11.3 Å². The number of halogens is 3. The van der Waals surface area contributed by atoms with Crippen molar-refractivity contribution in [3.63, 3.8) is 0 Å². The van der Waals surface area contributed by atoms with Crippen LogP contribution in [0.5, 0.6) is 0 Å². The molecule has 0 radical (unpaired) electrons. The van der Waals surface area contributed by atoms with E-state index in [1.807, 2.05) is 0 Å². The molecule has 2 aromatic rings. The first-order valence-electron chi connectivity index (χ1n) is 5.96. The van der Waals surface area contributed by atoms with Crippen molar-refractivity contribution in [2.24, 2.45) is 0 Å². The van der Waals surface area contributed by atoms with Crippen LogP contribution in [0.2, 0.25) is 0 Å². The number of nitrogens with one attached hydrogen (secondary N) is 1. The molecule has 0 aliphatic rings. The van der Waals surface area contributed by atoms with Gasteiger partial charge >= 0.3 is 6.18 Å². The summed E-state index contributed by atoms with van der Waals surface area (Å²) in [4.78, 5) is 12.0. The molecule has 1 amide bonds. The molecule has 1 aromatic carbocycles. The molecule has 116 valence electrons. The molecule has 0 saturated carbocycles. The van der Waals surface area contributed by atoms with Gasteiger partial charge < -0.3 is 0 Å². The molecule has 0 bridgehead atoms. The van der Waals surface area contributed by atoms with Gasteiger partial charge in [-0.05, 0) is 18.2 Å². The van der Waals surface area contributed by atoms with E-state index in [-0.39, 0.29) is 10.7 Å². The summed E-state index contributed by atoms with van der Waals surface area (Å²) in [7, 11) is 0. The fraction of sp³-hybridized carbons (Fsp3) is 0.154. The maximum Gasteiger partial charge on any atom is 0.416 e. The maximum atomic E-state index is 12.6. The lowest BCUT2D eigenvalue weighted by Gasteiger charge is -2.08. The van der Waals surface area contributed by atoms with Crippen molar-refractivity contribution in [3.05, 3.63) is 48.0 Å². The van der Waals surface area contributed by atoms with E-state index in [4.69, 9.17) is 0 Å². The molecule has 0 spiro atoms. The number of alkyl halides is 3. The van der Waals surface area contributed by atoms with E-state index in [1.54, 1.807) is 6.08 Å². The summed E-state index contributed by atoms with van der Waals surface area (Å²) in [6.07, 6.45) is -2.79. The Hall–Kier alpha value is -1.87. The van der Waals surface area contributed by atoms with Gasteiger partial charge in [0.2, 0.25) is 5.13 Å². The summed E-state index contributed by atoms with van der Waals surface area (Å²) in [5.74, 6) is -0.0153. The molecule has 1 N–H and O–H groups in total. The van der Waals surface area contributed by atoms with E-state index >= 15 is 0 Å². The molecule has 2 rings (SSSR count). The van der Waals surface area contributed by atoms with E-state index in [0.29, 0.717) is 10.1 Å². The van der Waals surface area contributed by atoms with Gasteiger partial charge in [-0.2, -0.15) is 13.2 Å². The van der Waals surface area contributed by atoms with Crippen LogP contribution in [-0.4, -0.2) is 21.9 Å². The van der Waals surface area contributed by atoms with Crippen LogP contribution >= 0.6 is 23.1 Å². The van der Waals surface area contributed by atoms with Gasteiger partial charge in [-0.1, -0.05) is 35.2 Å². The van der Waals surface area contributed by atoms with E-state index < -0.39 is 17.6 Å². The number of carbonyl (C=O) groups excluding carboxylic acids is 1. The Labute approximate surface area is 132 Å². The van der Waals surface area contributed by atoms with Crippen LogP contribution in [0.4, 0.5) is 18.3 Å². The van der Waals surface area contributed by atoms with Crippen molar-refractivity contribution in [3.8, 4) is 0 Å². The van der Waals surface area contributed by atoms with Gasteiger partial charge in [0.15, 0.2) is 4.34 Å². The Bertz CT molecular complexity index is 685. The quantitative estimate of drug-likeness (QED) is 0.504. The highest BCUT2D eigenvalue weighted by molar-refractivity contribution is 8.01. The largest absolute Gasteiger partial charge is 0.416 e. The number of amides is 1. The van der Waals surface area contributed by atoms with Gasteiger partial charge in [-0.25, -0.2) is 0 Å². The van der Waals surface area contributed by atoms with Crippen LogP contribution in [0.25, 0.3) is 0 Å². The molecule has 1 aromatic heterocycles. The average Bonchev–Trinajstić information content (AvgIpc) is 2.92. The SMILES string of the molecule is C=CCSc1nnc(NC(=O)c2cccc(C(F)(F)F)c2)s1. The normalized spacial score (nSPS) is 11.2. The van der Waals surface area contributed by atoms with Gasteiger partial charge in [0.1, 0.15) is 0 Å². The first-order valence-corrected chi connectivity index (χ1v) is 7.76. The number of hydrogen-bond acceptors (Lipinski definition) is 5. The molecular weight excluding hydrogens is 335 g/mol. The summed E-state index contributed by atoms with van der Waals surface area (Å²) in [5, 5.41) is 10.3. The monoisotopic (exact) mass is 345 g/mol. The second-order valence-electron chi connectivity index (χ2n) is 4.01. The Morgan fingerprint density at radius 2 is 2.18 bits per heavy atom. The molecule has 1 heterocycles. The third-order valence-electron chi connectivity index (χ3n) is 2.40. The van der Waals surface area contributed by atoms with Crippen LogP contribution in [-0.2, 0) is 6.18 Å². The van der Waals surface area contributed by atoms with Gasteiger partial charge in [0.25, 0.3) is 5.91 Å². The number of hydrogen-bond donors (Lipinski definition) is 1. The van der Waals surface area contributed by atoms with Crippen LogP contribution in [0, 0.1) is 0 Å². The van der Waals surface area contributed by atoms with Crippen molar-refractivity contribution < 1.29 is 18.0 Å². The van der Waals surface area contributed by atoms with Gasteiger partial charge in [-0.3, -0.25) is 10.1 Å². The van der Waals surface area contributed by atoms with Gasteiger partial charge in [-0.15, -0.1) is 16.8 Å². The highest BCUT2D eigenvalue weighted by Crippen LogP contribution is 2.30. The van der Waals surface area contributed by atoms with Crippen LogP contribution in [0.3, 0.4) is 0 Å². The lowest BCUT2D eigenvalue weighted by molar-refractivity contribution is -0.137. The third kappa shape index (κ3) is 4.31. The lowest BCUT2D eigenvalue weighted by atomic mass is 10.1. The van der Waals surface area contributed by atoms with E-state index in [0.717, 1.165) is 23.5 Å². The first kappa shape index (κ1) is 16.5. The number of anilines is 1. The smallest absolute Gasteiger partial charge is 0.296 e. The maximum absolute atomic E-state index is 12.6. The number of nitrogens with zero attached hydrogens (tertiary/aromatic N) is 2. The summed E-state index contributed by atoms with van der Waals surface area (Å²) >= 11 is 2.54. The predicted octanol–water partition coefficient (Wildman–Crippen LogP) is 4.09. The summed E-state index contributed by atoms with van der Waals surface area (Å²) in [6.45, 7) is 3.57. The minimum absolute atomic E-state index is 0.0923. The second kappa shape index (κ2) is 6.93. The molecule has 0 aliphatic carbocycles. The molecular formula is C13H10F3N3OS2. The minimum atomic E-state index is -4.49.